The highest BCUT2D eigenvalue weighted by molar-refractivity contribution is 8.34. The van der Waals surface area contributed by atoms with Gasteiger partial charge in [0.2, 0.25) is 0 Å². The summed E-state index contributed by atoms with van der Waals surface area (Å²) in [5.41, 5.74) is 9.07. The molecule has 0 radical (unpaired) electrons. The van der Waals surface area contributed by atoms with Crippen molar-refractivity contribution in [2.75, 3.05) is 0 Å². The molecule has 0 unspecified atom stereocenters. The molecule has 0 fully saturated rings. The van der Waals surface area contributed by atoms with Crippen molar-refractivity contribution in [2.24, 2.45) is 0 Å². The number of hydrogen-bond acceptors (Lipinski definition) is 2. The predicted molar refractivity (Wildman–Crippen MR) is 247 cm³/mol. The molecule has 0 amide bonds. The Morgan fingerprint density at radius 1 is 0.383 bits per heavy atom. The molecule has 9 aromatic carbocycles. The lowest BCUT2D eigenvalue weighted by Crippen LogP contribution is -2.06. The summed E-state index contributed by atoms with van der Waals surface area (Å²) in [6, 6.07) is 78.7. The lowest BCUT2D eigenvalue weighted by Gasteiger charge is -2.42. The number of furan rings is 1. The fourth-order valence-corrected chi connectivity index (χ4v) is 13.4. The molecule has 3 heterocycles. The van der Waals surface area contributed by atoms with Gasteiger partial charge >= 0.3 is 0 Å². The second-order valence-corrected chi connectivity index (χ2v) is 18.3. The van der Waals surface area contributed by atoms with E-state index in [2.05, 4.69) is 209 Å². The second-order valence-electron chi connectivity index (χ2n) is 15.2. The largest absolute Gasteiger partial charge is 0.455 e. The van der Waals surface area contributed by atoms with Crippen molar-refractivity contribution < 1.29 is 4.42 Å². The molecule has 3 aromatic heterocycles. The number of para-hydroxylation sites is 3. The lowest BCUT2D eigenvalue weighted by atomic mass is 10.1. The van der Waals surface area contributed by atoms with Gasteiger partial charge in [-0.25, -0.2) is 0 Å². The summed E-state index contributed by atoms with van der Waals surface area (Å²) in [4.78, 5) is 4.98. The zero-order valence-corrected chi connectivity index (χ0v) is 33.2. The van der Waals surface area contributed by atoms with Gasteiger partial charge in [-0.05, 0) is 115 Å². The highest BCUT2D eigenvalue weighted by Crippen LogP contribution is 2.73. The van der Waals surface area contributed by atoms with Gasteiger partial charge in [0, 0.05) is 57.9 Å². The SMILES string of the molecule is N#Cc1ccc2c(c1)c1ccccc1n2-c1cccc(S(c2ccccc2)(c2ccccc2)c2ccc(-n3c4ccccc4c4c5oc6ccccc6c5ccc43)cc2)c1. The fourth-order valence-electron chi connectivity index (χ4n) is 9.51. The van der Waals surface area contributed by atoms with Gasteiger partial charge in [-0.3, -0.25) is 0 Å². The lowest BCUT2D eigenvalue weighted by molar-refractivity contribution is 0.673. The smallest absolute Gasteiger partial charge is 0.145 e. The Balaban J connectivity index is 1.10. The van der Waals surface area contributed by atoms with Gasteiger partial charge in [0.05, 0.1) is 39.1 Å². The van der Waals surface area contributed by atoms with E-state index >= 15 is 0 Å². The first-order valence-electron chi connectivity index (χ1n) is 20.1. The van der Waals surface area contributed by atoms with Crippen molar-refractivity contribution in [2.45, 2.75) is 19.6 Å². The summed E-state index contributed by atoms with van der Waals surface area (Å²) in [5.74, 6) is 0. The van der Waals surface area contributed by atoms with Crippen molar-refractivity contribution in [1.29, 1.82) is 5.26 Å². The van der Waals surface area contributed by atoms with Crippen LogP contribution in [0.25, 0.3) is 76.9 Å². The van der Waals surface area contributed by atoms with E-state index in [0.29, 0.717) is 5.56 Å². The Labute approximate surface area is 347 Å². The Bertz CT molecular complexity index is 3630. The number of aromatic nitrogens is 2. The van der Waals surface area contributed by atoms with Gasteiger partial charge in [0.25, 0.3) is 0 Å². The Morgan fingerprint density at radius 2 is 0.950 bits per heavy atom. The van der Waals surface area contributed by atoms with Crippen LogP contribution in [-0.4, -0.2) is 9.13 Å². The third-order valence-corrected chi connectivity index (χ3v) is 16.0. The summed E-state index contributed by atoms with van der Waals surface area (Å²) in [5, 5.41) is 16.6. The van der Waals surface area contributed by atoms with Crippen molar-refractivity contribution in [3.63, 3.8) is 0 Å². The topological polar surface area (TPSA) is 46.8 Å². The average Bonchev–Trinajstić information content (AvgIpc) is 3.98. The minimum absolute atomic E-state index is 0.655. The van der Waals surface area contributed by atoms with Crippen LogP contribution < -0.4 is 0 Å². The average molecular weight is 786 g/mol. The Kier molecular flexibility index (Phi) is 7.65. The molecule has 0 saturated carbocycles. The van der Waals surface area contributed by atoms with Gasteiger partial charge in [-0.15, -0.1) is 10.0 Å². The molecule has 0 aliphatic heterocycles. The van der Waals surface area contributed by atoms with Gasteiger partial charge in [-0.1, -0.05) is 97.1 Å². The van der Waals surface area contributed by atoms with E-state index < -0.39 is 10.0 Å². The minimum atomic E-state index is -2.04. The molecule has 12 aromatic rings. The van der Waals surface area contributed by atoms with Crippen molar-refractivity contribution >= 4 is 75.6 Å². The van der Waals surface area contributed by atoms with Crippen LogP contribution in [0.15, 0.2) is 236 Å². The van der Waals surface area contributed by atoms with Crippen LogP contribution in [0.5, 0.6) is 0 Å². The van der Waals surface area contributed by atoms with Crippen LogP contribution in [0.3, 0.4) is 0 Å². The van der Waals surface area contributed by atoms with Gasteiger partial charge in [0.15, 0.2) is 0 Å². The van der Waals surface area contributed by atoms with E-state index in [1.807, 2.05) is 18.2 Å². The van der Waals surface area contributed by atoms with Crippen LogP contribution in [0, 0.1) is 11.3 Å². The van der Waals surface area contributed by atoms with E-state index in [0.717, 1.165) is 71.5 Å². The monoisotopic (exact) mass is 785 g/mol. The molecule has 0 bridgehead atoms. The Morgan fingerprint density at radius 3 is 1.68 bits per heavy atom. The second kappa shape index (κ2) is 13.4. The molecule has 0 spiro atoms. The predicted octanol–water partition coefficient (Wildman–Crippen LogP) is 15.0. The third kappa shape index (κ3) is 4.92. The number of benzene rings is 9. The molecule has 0 saturated heterocycles. The maximum absolute atomic E-state index is 9.81. The number of fused-ring (bicyclic) bond motifs is 10. The maximum Gasteiger partial charge on any atom is 0.145 e. The Hall–Kier alpha value is -7.78. The first-order chi connectivity index (χ1) is 29.7. The van der Waals surface area contributed by atoms with E-state index in [1.165, 1.54) is 25.0 Å². The zero-order chi connectivity index (χ0) is 39.8. The molecule has 282 valence electrons. The van der Waals surface area contributed by atoms with Crippen LogP contribution in [0.2, 0.25) is 0 Å². The van der Waals surface area contributed by atoms with Gasteiger partial charge in [0.1, 0.15) is 11.2 Å². The van der Waals surface area contributed by atoms with E-state index in [-0.39, 0.29) is 0 Å². The molecule has 0 N–H and O–H groups in total. The highest BCUT2D eigenvalue weighted by Gasteiger charge is 2.34. The zero-order valence-electron chi connectivity index (χ0n) is 32.4. The number of nitrogens with zero attached hydrogens (tertiary/aromatic N) is 3. The molecule has 5 heteroatoms. The van der Waals surface area contributed by atoms with Crippen LogP contribution in [0.4, 0.5) is 0 Å². The summed E-state index contributed by atoms with van der Waals surface area (Å²) in [6.45, 7) is 0. The molecule has 0 atom stereocenters. The molecular weight excluding hydrogens is 751 g/mol. The first kappa shape index (κ1) is 34.3. The molecule has 12 rings (SSSR count). The molecular formula is C55H35N3OS. The fraction of sp³-hybridized carbons (Fsp3) is 0. The third-order valence-electron chi connectivity index (χ3n) is 12.1. The van der Waals surface area contributed by atoms with Gasteiger partial charge in [-0.2, -0.15) is 5.26 Å². The van der Waals surface area contributed by atoms with Crippen molar-refractivity contribution in [1.82, 2.24) is 9.13 Å². The van der Waals surface area contributed by atoms with Crippen LogP contribution >= 0.6 is 10.0 Å². The molecule has 0 aliphatic rings. The maximum atomic E-state index is 9.81. The number of nitriles is 1. The number of rotatable bonds is 6. The van der Waals surface area contributed by atoms with Gasteiger partial charge < -0.3 is 13.6 Å². The summed E-state index contributed by atoms with van der Waals surface area (Å²) in [7, 11) is -2.04. The summed E-state index contributed by atoms with van der Waals surface area (Å²) in [6.07, 6.45) is 0. The molecule has 60 heavy (non-hydrogen) atoms. The first-order valence-corrected chi connectivity index (χ1v) is 21.8. The molecule has 4 nitrogen and oxygen atoms in total. The van der Waals surface area contributed by atoms with E-state index in [4.69, 9.17) is 4.42 Å². The standard InChI is InChI=1S/C55H35N3OS/c56-36-37-26-32-51-48(34-37)44-20-7-10-23-49(44)58(51)39-14-13-19-43(35-39)60(40-15-3-1-4-16-40,41-17-5-2-6-18-41)42-29-27-38(28-30-42)57-50-24-11-8-22-47(50)54-52(57)33-31-46-45-21-9-12-25-53(45)59-55(46)54/h1-35H. The van der Waals surface area contributed by atoms with Crippen LogP contribution in [0.1, 0.15) is 5.56 Å². The summed E-state index contributed by atoms with van der Waals surface area (Å²) >= 11 is 0. The van der Waals surface area contributed by atoms with Crippen molar-refractivity contribution in [3.8, 4) is 17.4 Å². The number of hydrogen-bond donors (Lipinski definition) is 0. The van der Waals surface area contributed by atoms with Crippen molar-refractivity contribution in [3.05, 3.63) is 218 Å². The highest BCUT2D eigenvalue weighted by atomic mass is 32.3. The summed E-state index contributed by atoms with van der Waals surface area (Å²) < 4.78 is 11.3. The minimum Gasteiger partial charge on any atom is -0.455 e. The van der Waals surface area contributed by atoms with E-state index in [1.54, 1.807) is 0 Å². The van der Waals surface area contributed by atoms with E-state index in [9.17, 15) is 5.26 Å². The van der Waals surface area contributed by atoms with Crippen LogP contribution in [-0.2, 0) is 0 Å². The quantitative estimate of drug-likeness (QED) is 0.169. The normalized spacial score (nSPS) is 12.2. The molecule has 0 aliphatic carbocycles.